The predicted molar refractivity (Wildman–Crippen MR) is 119 cm³/mol. The van der Waals surface area contributed by atoms with Crippen LogP contribution in [0.3, 0.4) is 0 Å². The molecule has 0 aliphatic carbocycles. The number of sulfonamides is 1. The van der Waals surface area contributed by atoms with Gasteiger partial charge in [0.25, 0.3) is 0 Å². The number of nitrogens with zero attached hydrogens (tertiary/aromatic N) is 2. The Kier molecular flexibility index (Phi) is 5.77. The first-order valence-corrected chi connectivity index (χ1v) is 11.8. The number of carbonyl (C=O) groups excluding carboxylic acids is 1. The SMILES string of the molecule is Cc1[nH]c2ccccc2c1C(=O)[C@H](C)N1CCN(S(=O)(=O)Cc2ccccc2)CC1. The van der Waals surface area contributed by atoms with Crippen molar-refractivity contribution in [3.8, 4) is 0 Å². The maximum absolute atomic E-state index is 13.3. The number of hydrogen-bond donors (Lipinski definition) is 1. The van der Waals surface area contributed by atoms with E-state index in [-0.39, 0.29) is 17.6 Å². The van der Waals surface area contributed by atoms with Crippen LogP contribution in [0, 0.1) is 6.92 Å². The highest BCUT2D eigenvalue weighted by Crippen LogP contribution is 2.25. The van der Waals surface area contributed by atoms with Gasteiger partial charge in [0.15, 0.2) is 5.78 Å². The Morgan fingerprint density at radius 1 is 1.00 bits per heavy atom. The van der Waals surface area contributed by atoms with Gasteiger partial charge in [0.05, 0.1) is 11.8 Å². The van der Waals surface area contributed by atoms with Crippen LogP contribution in [0.15, 0.2) is 54.6 Å². The molecule has 1 atom stereocenters. The minimum Gasteiger partial charge on any atom is -0.358 e. The number of fused-ring (bicyclic) bond motifs is 1. The predicted octanol–water partition coefficient (Wildman–Crippen LogP) is 3.20. The number of aryl methyl sites for hydroxylation is 1. The van der Waals surface area contributed by atoms with E-state index in [0.717, 1.165) is 27.7 Å². The summed E-state index contributed by atoms with van der Waals surface area (Å²) in [7, 11) is -3.37. The maximum Gasteiger partial charge on any atom is 0.218 e. The van der Waals surface area contributed by atoms with E-state index in [4.69, 9.17) is 0 Å². The summed E-state index contributed by atoms with van der Waals surface area (Å²) in [6.07, 6.45) is 0. The Morgan fingerprint density at radius 3 is 2.33 bits per heavy atom. The number of H-pyrrole nitrogens is 1. The molecule has 4 rings (SSSR count). The summed E-state index contributed by atoms with van der Waals surface area (Å²) in [5.74, 6) is 0.0853. The van der Waals surface area contributed by atoms with Crippen molar-refractivity contribution in [1.29, 1.82) is 0 Å². The van der Waals surface area contributed by atoms with Gasteiger partial charge in [0.2, 0.25) is 10.0 Å². The third-order valence-electron chi connectivity index (χ3n) is 5.93. The van der Waals surface area contributed by atoms with Crippen molar-refractivity contribution in [3.63, 3.8) is 0 Å². The van der Waals surface area contributed by atoms with Crippen molar-refractivity contribution in [2.24, 2.45) is 0 Å². The quantitative estimate of drug-likeness (QED) is 0.616. The van der Waals surface area contributed by atoms with Gasteiger partial charge in [-0.2, -0.15) is 4.31 Å². The molecule has 0 unspecified atom stereocenters. The fourth-order valence-corrected chi connectivity index (χ4v) is 5.73. The summed E-state index contributed by atoms with van der Waals surface area (Å²) in [5, 5.41) is 0.941. The molecule has 6 nitrogen and oxygen atoms in total. The summed E-state index contributed by atoms with van der Waals surface area (Å²) in [6.45, 7) is 5.73. The molecule has 158 valence electrons. The fraction of sp³-hybridized carbons (Fsp3) is 0.348. The van der Waals surface area contributed by atoms with Crippen molar-refractivity contribution in [2.75, 3.05) is 26.2 Å². The van der Waals surface area contributed by atoms with Crippen LogP contribution in [0.1, 0.15) is 28.5 Å². The Balaban J connectivity index is 1.43. The molecule has 0 bridgehead atoms. The lowest BCUT2D eigenvalue weighted by molar-refractivity contribution is 0.0783. The van der Waals surface area contributed by atoms with Gasteiger partial charge in [-0.1, -0.05) is 48.5 Å². The highest BCUT2D eigenvalue weighted by Gasteiger charge is 2.32. The van der Waals surface area contributed by atoms with Gasteiger partial charge < -0.3 is 4.98 Å². The molecule has 0 amide bonds. The zero-order valence-corrected chi connectivity index (χ0v) is 18.2. The smallest absolute Gasteiger partial charge is 0.218 e. The minimum absolute atomic E-state index is 0.0108. The number of para-hydroxylation sites is 1. The maximum atomic E-state index is 13.3. The molecule has 1 aromatic heterocycles. The topological polar surface area (TPSA) is 73.5 Å². The zero-order chi connectivity index (χ0) is 21.3. The lowest BCUT2D eigenvalue weighted by Gasteiger charge is -2.36. The Morgan fingerprint density at radius 2 is 1.63 bits per heavy atom. The first-order chi connectivity index (χ1) is 14.4. The molecule has 0 saturated carbocycles. The van der Waals surface area contributed by atoms with Crippen molar-refractivity contribution in [3.05, 3.63) is 71.4 Å². The summed E-state index contributed by atoms with van der Waals surface area (Å²) < 4.78 is 27.1. The van der Waals surface area contributed by atoms with Crippen molar-refractivity contribution < 1.29 is 13.2 Å². The Hall–Kier alpha value is -2.48. The number of ketones is 1. The summed E-state index contributed by atoms with van der Waals surface area (Å²) in [6, 6.07) is 16.8. The molecule has 2 aromatic carbocycles. The van der Waals surface area contributed by atoms with Crippen LogP contribution in [0.5, 0.6) is 0 Å². The Labute approximate surface area is 177 Å². The highest BCUT2D eigenvalue weighted by molar-refractivity contribution is 7.88. The number of nitrogens with one attached hydrogen (secondary N) is 1. The summed E-state index contributed by atoms with van der Waals surface area (Å²) in [4.78, 5) is 18.6. The monoisotopic (exact) mass is 425 g/mol. The minimum atomic E-state index is -3.37. The van der Waals surface area contributed by atoms with Crippen LogP contribution in [0.25, 0.3) is 10.9 Å². The van der Waals surface area contributed by atoms with E-state index in [1.165, 1.54) is 0 Å². The number of hydrogen-bond acceptors (Lipinski definition) is 4. The standard InChI is InChI=1S/C23H27N3O3S/c1-17-22(20-10-6-7-11-21(20)24-17)23(27)18(2)25-12-14-26(15-13-25)30(28,29)16-19-8-4-3-5-9-19/h3-11,18,24H,12-16H2,1-2H3/t18-/m0/s1. The number of piperazine rings is 1. The molecule has 0 radical (unpaired) electrons. The number of benzene rings is 2. The second-order valence-corrected chi connectivity index (χ2v) is 9.86. The van der Waals surface area contributed by atoms with Crippen LogP contribution >= 0.6 is 0 Å². The van der Waals surface area contributed by atoms with Gasteiger partial charge in [-0.25, -0.2) is 8.42 Å². The second-order valence-electron chi connectivity index (χ2n) is 7.89. The third kappa shape index (κ3) is 4.05. The molecule has 1 fully saturated rings. The number of carbonyl (C=O) groups is 1. The first-order valence-electron chi connectivity index (χ1n) is 10.2. The molecular formula is C23H27N3O3S. The summed E-state index contributed by atoms with van der Waals surface area (Å²) >= 11 is 0. The van der Waals surface area contributed by atoms with E-state index in [2.05, 4.69) is 9.88 Å². The van der Waals surface area contributed by atoms with Gasteiger partial charge in [0, 0.05) is 48.3 Å². The normalized spacial score (nSPS) is 17.3. The number of aromatic amines is 1. The molecule has 1 aliphatic heterocycles. The Bertz CT molecular complexity index is 1150. The van der Waals surface area contributed by atoms with Gasteiger partial charge in [-0.3, -0.25) is 9.69 Å². The molecule has 3 aromatic rings. The van der Waals surface area contributed by atoms with Crippen LogP contribution in [0.4, 0.5) is 0 Å². The van der Waals surface area contributed by atoms with E-state index < -0.39 is 10.0 Å². The van der Waals surface area contributed by atoms with Crippen LogP contribution in [-0.2, 0) is 15.8 Å². The molecule has 1 aliphatic rings. The highest BCUT2D eigenvalue weighted by atomic mass is 32.2. The fourth-order valence-electron chi connectivity index (χ4n) is 4.21. The molecule has 1 N–H and O–H groups in total. The first kappa shape index (κ1) is 20.8. The van der Waals surface area contributed by atoms with E-state index in [9.17, 15) is 13.2 Å². The number of rotatable bonds is 6. The lowest BCUT2D eigenvalue weighted by Crippen LogP contribution is -2.53. The van der Waals surface area contributed by atoms with Crippen LogP contribution in [-0.4, -0.2) is 60.6 Å². The molecule has 7 heteroatoms. The molecule has 2 heterocycles. The average Bonchev–Trinajstić information content (AvgIpc) is 3.09. The second kappa shape index (κ2) is 8.34. The van der Waals surface area contributed by atoms with Crippen molar-refractivity contribution >= 4 is 26.7 Å². The zero-order valence-electron chi connectivity index (χ0n) is 17.3. The third-order valence-corrected chi connectivity index (χ3v) is 7.78. The van der Waals surface area contributed by atoms with Crippen LogP contribution < -0.4 is 0 Å². The van der Waals surface area contributed by atoms with Crippen molar-refractivity contribution in [1.82, 2.24) is 14.2 Å². The number of aromatic nitrogens is 1. The lowest BCUT2D eigenvalue weighted by atomic mass is 10.0. The molecule has 0 spiro atoms. The van der Waals surface area contributed by atoms with E-state index >= 15 is 0 Å². The van der Waals surface area contributed by atoms with Gasteiger partial charge in [-0.05, 0) is 25.5 Å². The van der Waals surface area contributed by atoms with E-state index in [1.807, 2.05) is 68.4 Å². The van der Waals surface area contributed by atoms with E-state index in [0.29, 0.717) is 26.2 Å². The van der Waals surface area contributed by atoms with E-state index in [1.54, 1.807) is 4.31 Å². The molecular weight excluding hydrogens is 398 g/mol. The largest absolute Gasteiger partial charge is 0.358 e. The van der Waals surface area contributed by atoms with Gasteiger partial charge in [0.1, 0.15) is 0 Å². The number of Topliss-reactive ketones (excluding diaryl/α,β-unsaturated/α-hetero) is 1. The summed E-state index contributed by atoms with van der Waals surface area (Å²) in [5.41, 5.74) is 3.36. The van der Waals surface area contributed by atoms with Crippen LogP contribution in [0.2, 0.25) is 0 Å². The van der Waals surface area contributed by atoms with Gasteiger partial charge in [-0.15, -0.1) is 0 Å². The van der Waals surface area contributed by atoms with Gasteiger partial charge >= 0.3 is 0 Å². The molecule has 30 heavy (non-hydrogen) atoms. The molecule has 1 saturated heterocycles. The average molecular weight is 426 g/mol. The van der Waals surface area contributed by atoms with Crippen molar-refractivity contribution in [2.45, 2.75) is 25.6 Å².